The van der Waals surface area contributed by atoms with Crippen LogP contribution in [0.1, 0.15) is 0 Å². The molecule has 0 unspecified atom stereocenters. The van der Waals surface area contributed by atoms with Crippen LogP contribution in [0.2, 0.25) is 0 Å². The number of fused-ring (bicyclic) bond motifs is 1. The Kier molecular flexibility index (Phi) is 5.45. The highest BCUT2D eigenvalue weighted by atomic mass is 79.9. The van der Waals surface area contributed by atoms with Gasteiger partial charge in [0.15, 0.2) is 6.61 Å². The van der Waals surface area contributed by atoms with E-state index in [1.54, 1.807) is 12.1 Å². The zero-order valence-corrected chi connectivity index (χ0v) is 15.6. The molecule has 1 N–H and O–H groups in total. The van der Waals surface area contributed by atoms with E-state index in [1.165, 1.54) is 36.5 Å². The molecular formula is C17H11BrN4O6. The Labute approximate surface area is 165 Å². The third kappa shape index (κ3) is 4.04. The molecule has 0 atom stereocenters. The van der Waals surface area contributed by atoms with Gasteiger partial charge in [0.25, 0.3) is 17.3 Å². The van der Waals surface area contributed by atoms with Crippen LogP contribution in [0.5, 0.6) is 5.75 Å². The number of pyridine rings is 1. The number of nitro benzene ring substituents is 2. The van der Waals surface area contributed by atoms with Crippen molar-refractivity contribution in [1.82, 2.24) is 4.98 Å². The first-order valence-electron chi connectivity index (χ1n) is 7.75. The van der Waals surface area contributed by atoms with Crippen LogP contribution < -0.4 is 10.1 Å². The number of anilines is 1. The second-order valence-electron chi connectivity index (χ2n) is 5.50. The van der Waals surface area contributed by atoms with Gasteiger partial charge in [0.05, 0.1) is 20.9 Å². The number of non-ortho nitro benzene ring substituents is 2. The minimum absolute atomic E-state index is 0.116. The highest BCUT2D eigenvalue weighted by molar-refractivity contribution is 9.10. The number of carbonyl (C=O) groups is 1. The van der Waals surface area contributed by atoms with Gasteiger partial charge in [0.2, 0.25) is 0 Å². The van der Waals surface area contributed by atoms with Crippen LogP contribution in [0.15, 0.2) is 53.1 Å². The number of hydrogen-bond acceptors (Lipinski definition) is 7. The van der Waals surface area contributed by atoms with Crippen molar-refractivity contribution in [1.29, 1.82) is 0 Å². The van der Waals surface area contributed by atoms with Gasteiger partial charge in [0.1, 0.15) is 11.3 Å². The molecule has 11 heteroatoms. The zero-order valence-electron chi connectivity index (χ0n) is 14.0. The topological polar surface area (TPSA) is 138 Å². The van der Waals surface area contributed by atoms with Crippen molar-refractivity contribution in [3.63, 3.8) is 0 Å². The van der Waals surface area contributed by atoms with Crippen molar-refractivity contribution in [3.05, 3.63) is 73.4 Å². The van der Waals surface area contributed by atoms with Crippen LogP contribution in [0.4, 0.5) is 17.1 Å². The van der Waals surface area contributed by atoms with Crippen LogP contribution in [-0.2, 0) is 4.79 Å². The maximum absolute atomic E-state index is 12.1. The monoisotopic (exact) mass is 446 g/mol. The Bertz CT molecular complexity index is 1100. The molecule has 0 fully saturated rings. The van der Waals surface area contributed by atoms with E-state index in [4.69, 9.17) is 4.74 Å². The largest absolute Gasteiger partial charge is 0.481 e. The molecule has 0 aliphatic rings. The molecule has 0 radical (unpaired) electrons. The second-order valence-corrected chi connectivity index (χ2v) is 6.35. The van der Waals surface area contributed by atoms with Gasteiger partial charge in [-0.2, -0.15) is 0 Å². The number of carbonyl (C=O) groups excluding carboxylic acids is 1. The highest BCUT2D eigenvalue weighted by Gasteiger charge is 2.17. The summed E-state index contributed by atoms with van der Waals surface area (Å²) in [5, 5.41) is 24.7. The molecule has 142 valence electrons. The molecule has 0 aliphatic carbocycles. The number of amides is 1. The van der Waals surface area contributed by atoms with E-state index in [0.29, 0.717) is 15.5 Å². The molecule has 0 aliphatic heterocycles. The van der Waals surface area contributed by atoms with Crippen LogP contribution >= 0.6 is 15.9 Å². The summed E-state index contributed by atoms with van der Waals surface area (Å²) in [5.41, 5.74) is 0.367. The molecule has 3 rings (SSSR count). The molecule has 0 saturated heterocycles. The van der Waals surface area contributed by atoms with Crippen LogP contribution in [0.25, 0.3) is 10.9 Å². The summed E-state index contributed by atoms with van der Waals surface area (Å²) in [6.07, 6.45) is 1.47. The normalized spacial score (nSPS) is 10.5. The predicted molar refractivity (Wildman–Crippen MR) is 103 cm³/mol. The first-order valence-corrected chi connectivity index (χ1v) is 8.55. The standard InChI is InChI=1S/C17H11BrN4O6/c18-12-8-10(21(24)25)3-4-13(12)20-16(23)9-28-15-6-5-14(22(26)27)11-2-1-7-19-17(11)15/h1-8H,9H2,(H,20,23). The summed E-state index contributed by atoms with van der Waals surface area (Å²) in [6.45, 7) is -0.382. The molecule has 0 bridgehead atoms. The minimum atomic E-state index is -0.549. The Hall–Kier alpha value is -3.60. The Balaban J connectivity index is 1.74. The Morgan fingerprint density at radius 3 is 2.61 bits per heavy atom. The number of hydrogen-bond donors (Lipinski definition) is 1. The second kappa shape index (κ2) is 7.96. The van der Waals surface area contributed by atoms with Crippen molar-refractivity contribution in [2.75, 3.05) is 11.9 Å². The highest BCUT2D eigenvalue weighted by Crippen LogP contribution is 2.31. The van der Waals surface area contributed by atoms with E-state index in [1.807, 2.05) is 0 Å². The van der Waals surface area contributed by atoms with E-state index >= 15 is 0 Å². The number of aromatic nitrogens is 1. The van der Waals surface area contributed by atoms with Crippen molar-refractivity contribution in [2.45, 2.75) is 0 Å². The molecule has 0 spiro atoms. The predicted octanol–water partition coefficient (Wildman–Crippen LogP) is 3.83. The Morgan fingerprint density at radius 1 is 1.14 bits per heavy atom. The summed E-state index contributed by atoms with van der Waals surface area (Å²) >= 11 is 3.16. The summed E-state index contributed by atoms with van der Waals surface area (Å²) < 4.78 is 5.81. The van der Waals surface area contributed by atoms with Crippen molar-refractivity contribution < 1.29 is 19.4 Å². The van der Waals surface area contributed by atoms with Gasteiger partial charge in [0, 0.05) is 28.9 Å². The smallest absolute Gasteiger partial charge is 0.279 e. The number of nitrogens with zero attached hydrogens (tertiary/aromatic N) is 3. The number of rotatable bonds is 6. The zero-order chi connectivity index (χ0) is 20.3. The van der Waals surface area contributed by atoms with Crippen LogP contribution in [0, 0.1) is 20.2 Å². The molecule has 0 saturated carbocycles. The summed E-state index contributed by atoms with van der Waals surface area (Å²) in [6, 6.07) is 9.69. The number of nitrogens with one attached hydrogen (secondary N) is 1. The van der Waals surface area contributed by atoms with Gasteiger partial charge in [-0.05, 0) is 40.2 Å². The van der Waals surface area contributed by atoms with Crippen LogP contribution in [0.3, 0.4) is 0 Å². The summed E-state index contributed by atoms with van der Waals surface area (Å²) in [4.78, 5) is 37.0. The Morgan fingerprint density at radius 2 is 1.93 bits per heavy atom. The maximum atomic E-state index is 12.1. The van der Waals surface area contributed by atoms with Gasteiger partial charge < -0.3 is 10.1 Å². The molecule has 1 aromatic heterocycles. The number of benzene rings is 2. The summed E-state index contributed by atoms with van der Waals surface area (Å²) in [7, 11) is 0. The molecular weight excluding hydrogens is 436 g/mol. The van der Waals surface area contributed by atoms with Gasteiger partial charge in [-0.25, -0.2) is 0 Å². The molecule has 3 aromatic rings. The lowest BCUT2D eigenvalue weighted by molar-refractivity contribution is -0.384. The van der Waals surface area contributed by atoms with E-state index in [2.05, 4.69) is 26.2 Å². The van der Waals surface area contributed by atoms with Crippen molar-refractivity contribution >= 4 is 49.8 Å². The molecule has 1 heterocycles. The third-order valence-electron chi connectivity index (χ3n) is 3.70. The number of ether oxygens (including phenoxy) is 1. The van der Waals surface area contributed by atoms with E-state index in [9.17, 15) is 25.0 Å². The van der Waals surface area contributed by atoms with Crippen LogP contribution in [-0.4, -0.2) is 27.3 Å². The fourth-order valence-corrected chi connectivity index (χ4v) is 2.92. The quantitative estimate of drug-likeness (QED) is 0.448. The molecule has 10 nitrogen and oxygen atoms in total. The average molecular weight is 447 g/mol. The lowest BCUT2D eigenvalue weighted by atomic mass is 10.1. The minimum Gasteiger partial charge on any atom is -0.481 e. The lowest BCUT2D eigenvalue weighted by Gasteiger charge is -2.10. The maximum Gasteiger partial charge on any atom is 0.279 e. The summed E-state index contributed by atoms with van der Waals surface area (Å²) in [5.74, 6) is -0.295. The first kappa shape index (κ1) is 19.2. The van der Waals surface area contributed by atoms with Gasteiger partial charge in [-0.1, -0.05) is 0 Å². The lowest BCUT2D eigenvalue weighted by Crippen LogP contribution is -2.20. The number of halogens is 1. The SMILES string of the molecule is O=C(COc1ccc([N+](=O)[O-])c2cccnc12)Nc1ccc([N+](=O)[O-])cc1Br. The molecule has 2 aromatic carbocycles. The van der Waals surface area contributed by atoms with Gasteiger partial charge >= 0.3 is 0 Å². The van der Waals surface area contributed by atoms with Gasteiger partial charge in [-0.15, -0.1) is 0 Å². The molecule has 1 amide bonds. The van der Waals surface area contributed by atoms with E-state index in [0.717, 1.165) is 0 Å². The number of nitro groups is 2. The van der Waals surface area contributed by atoms with Gasteiger partial charge in [-0.3, -0.25) is 30.0 Å². The average Bonchev–Trinajstić information content (AvgIpc) is 2.67. The fraction of sp³-hybridized carbons (Fsp3) is 0.0588. The van der Waals surface area contributed by atoms with E-state index in [-0.39, 0.29) is 29.2 Å². The van der Waals surface area contributed by atoms with Crippen molar-refractivity contribution in [3.8, 4) is 5.75 Å². The van der Waals surface area contributed by atoms with E-state index < -0.39 is 15.8 Å². The first-order chi connectivity index (χ1) is 13.4. The third-order valence-corrected chi connectivity index (χ3v) is 4.36. The van der Waals surface area contributed by atoms with Crippen molar-refractivity contribution in [2.24, 2.45) is 0 Å². The molecule has 28 heavy (non-hydrogen) atoms. The fourth-order valence-electron chi connectivity index (χ4n) is 2.46.